The van der Waals surface area contributed by atoms with Gasteiger partial charge >= 0.3 is 5.97 Å². The zero-order chi connectivity index (χ0) is 13.8. The fourth-order valence-corrected chi connectivity index (χ4v) is 3.12. The number of amides is 1. The van der Waals surface area contributed by atoms with Gasteiger partial charge in [-0.3, -0.25) is 4.79 Å². The van der Waals surface area contributed by atoms with Crippen molar-refractivity contribution in [1.29, 1.82) is 0 Å². The molecule has 6 heteroatoms. The lowest BCUT2D eigenvalue weighted by Gasteiger charge is -2.25. The van der Waals surface area contributed by atoms with Crippen molar-refractivity contribution < 1.29 is 14.3 Å². The van der Waals surface area contributed by atoms with Crippen molar-refractivity contribution in [2.24, 2.45) is 11.7 Å². The van der Waals surface area contributed by atoms with Gasteiger partial charge in [-0.2, -0.15) is 0 Å². The number of rotatable bonds is 3. The third kappa shape index (κ3) is 3.33. The average molecular weight is 282 g/mol. The van der Waals surface area contributed by atoms with Crippen LogP contribution in [-0.4, -0.2) is 25.0 Å². The Balaban J connectivity index is 2.02. The van der Waals surface area contributed by atoms with Crippen molar-refractivity contribution in [2.75, 3.05) is 12.4 Å². The predicted octanol–water partition coefficient (Wildman–Crippen LogP) is 1.99. The van der Waals surface area contributed by atoms with Gasteiger partial charge in [0.2, 0.25) is 5.91 Å². The van der Waals surface area contributed by atoms with Crippen LogP contribution >= 0.6 is 11.3 Å². The van der Waals surface area contributed by atoms with Crippen molar-refractivity contribution in [3.63, 3.8) is 0 Å². The van der Waals surface area contributed by atoms with Gasteiger partial charge in [-0.1, -0.05) is 6.42 Å². The fourth-order valence-electron chi connectivity index (χ4n) is 2.36. The summed E-state index contributed by atoms with van der Waals surface area (Å²) < 4.78 is 4.68. The maximum Gasteiger partial charge on any atom is 0.350 e. The second-order valence-corrected chi connectivity index (χ2v) is 5.68. The SMILES string of the molecule is COC(=O)c1sccc1NC(=O)C1CCCC(N)C1. The minimum Gasteiger partial charge on any atom is -0.465 e. The Kier molecular flexibility index (Phi) is 4.55. The summed E-state index contributed by atoms with van der Waals surface area (Å²) in [5.41, 5.74) is 6.41. The lowest BCUT2D eigenvalue weighted by molar-refractivity contribution is -0.120. The highest BCUT2D eigenvalue weighted by atomic mass is 32.1. The molecule has 0 saturated heterocycles. The molecule has 1 aliphatic rings. The quantitative estimate of drug-likeness (QED) is 0.831. The molecule has 1 aromatic rings. The van der Waals surface area contributed by atoms with Gasteiger partial charge in [-0.25, -0.2) is 4.79 Å². The van der Waals surface area contributed by atoms with Gasteiger partial charge in [0, 0.05) is 12.0 Å². The Labute approximate surface area is 116 Å². The fraction of sp³-hybridized carbons (Fsp3) is 0.538. The normalized spacial score (nSPS) is 22.8. The standard InChI is InChI=1S/C13H18N2O3S/c1-18-13(17)11-10(5-6-19-11)15-12(16)8-3-2-4-9(14)7-8/h5-6,8-9H,2-4,7,14H2,1H3,(H,15,16). The van der Waals surface area contributed by atoms with Gasteiger partial charge < -0.3 is 15.8 Å². The van der Waals surface area contributed by atoms with Gasteiger partial charge in [0.25, 0.3) is 0 Å². The molecular formula is C13H18N2O3S. The highest BCUT2D eigenvalue weighted by Gasteiger charge is 2.26. The van der Waals surface area contributed by atoms with Crippen molar-refractivity contribution in [2.45, 2.75) is 31.7 Å². The molecule has 1 aliphatic carbocycles. The Bertz CT molecular complexity index is 472. The van der Waals surface area contributed by atoms with Crippen LogP contribution in [0.2, 0.25) is 0 Å². The molecule has 1 aromatic heterocycles. The molecule has 0 aliphatic heterocycles. The van der Waals surface area contributed by atoms with E-state index in [4.69, 9.17) is 5.73 Å². The van der Waals surface area contributed by atoms with E-state index >= 15 is 0 Å². The number of nitrogens with two attached hydrogens (primary N) is 1. The Morgan fingerprint density at radius 3 is 2.95 bits per heavy atom. The van der Waals surface area contributed by atoms with E-state index in [9.17, 15) is 9.59 Å². The number of ether oxygens (including phenoxy) is 1. The van der Waals surface area contributed by atoms with Crippen LogP contribution in [0.15, 0.2) is 11.4 Å². The molecule has 1 saturated carbocycles. The van der Waals surface area contributed by atoms with E-state index in [1.807, 2.05) is 0 Å². The van der Waals surface area contributed by atoms with Crippen LogP contribution in [0.3, 0.4) is 0 Å². The number of carbonyl (C=O) groups excluding carboxylic acids is 2. The van der Waals surface area contributed by atoms with Gasteiger partial charge in [0.15, 0.2) is 0 Å². The van der Waals surface area contributed by atoms with Gasteiger partial charge in [0.05, 0.1) is 12.8 Å². The molecule has 2 atom stereocenters. The largest absolute Gasteiger partial charge is 0.465 e. The average Bonchev–Trinajstić information content (AvgIpc) is 2.86. The molecule has 104 valence electrons. The summed E-state index contributed by atoms with van der Waals surface area (Å²) in [6.07, 6.45) is 3.53. The van der Waals surface area contributed by atoms with Crippen LogP contribution in [0.4, 0.5) is 5.69 Å². The summed E-state index contributed by atoms with van der Waals surface area (Å²) in [6.45, 7) is 0. The molecule has 2 unspecified atom stereocenters. The first-order valence-electron chi connectivity index (χ1n) is 6.34. The zero-order valence-corrected chi connectivity index (χ0v) is 11.7. The molecule has 1 amide bonds. The Hall–Kier alpha value is -1.40. The molecule has 0 aromatic carbocycles. The molecule has 1 heterocycles. The number of anilines is 1. The van der Waals surface area contributed by atoms with Crippen LogP contribution in [0.5, 0.6) is 0 Å². The van der Waals surface area contributed by atoms with E-state index in [2.05, 4.69) is 10.1 Å². The summed E-state index contributed by atoms with van der Waals surface area (Å²) in [4.78, 5) is 24.1. The maximum absolute atomic E-state index is 12.2. The summed E-state index contributed by atoms with van der Waals surface area (Å²) in [6, 6.07) is 1.82. The number of esters is 1. The number of carbonyl (C=O) groups is 2. The molecule has 19 heavy (non-hydrogen) atoms. The minimum absolute atomic E-state index is 0.0568. The molecule has 2 rings (SSSR count). The highest BCUT2D eigenvalue weighted by molar-refractivity contribution is 7.12. The first-order chi connectivity index (χ1) is 9.11. The van der Waals surface area contributed by atoms with E-state index in [-0.39, 0.29) is 17.9 Å². The number of hydrogen-bond donors (Lipinski definition) is 2. The van der Waals surface area contributed by atoms with Gasteiger partial charge in [-0.15, -0.1) is 11.3 Å². The first kappa shape index (κ1) is 14.0. The summed E-state index contributed by atoms with van der Waals surface area (Å²) >= 11 is 1.26. The minimum atomic E-state index is -0.425. The highest BCUT2D eigenvalue weighted by Crippen LogP contribution is 2.27. The van der Waals surface area contributed by atoms with E-state index in [0.29, 0.717) is 17.0 Å². The second kappa shape index (κ2) is 6.16. The monoisotopic (exact) mass is 282 g/mol. The van der Waals surface area contributed by atoms with E-state index in [0.717, 1.165) is 19.3 Å². The van der Waals surface area contributed by atoms with Gasteiger partial charge in [-0.05, 0) is 30.7 Å². The number of hydrogen-bond acceptors (Lipinski definition) is 5. The molecule has 0 bridgehead atoms. The van der Waals surface area contributed by atoms with Crippen LogP contribution < -0.4 is 11.1 Å². The topological polar surface area (TPSA) is 81.4 Å². The lowest BCUT2D eigenvalue weighted by atomic mass is 9.85. The van der Waals surface area contributed by atoms with Crippen LogP contribution in [-0.2, 0) is 9.53 Å². The van der Waals surface area contributed by atoms with E-state index in [1.165, 1.54) is 18.4 Å². The predicted molar refractivity (Wildman–Crippen MR) is 74.2 cm³/mol. The van der Waals surface area contributed by atoms with Gasteiger partial charge in [0.1, 0.15) is 4.88 Å². The molecule has 0 spiro atoms. The first-order valence-corrected chi connectivity index (χ1v) is 7.22. The van der Waals surface area contributed by atoms with Crippen LogP contribution in [0.25, 0.3) is 0 Å². The molecule has 0 radical (unpaired) electrons. The Morgan fingerprint density at radius 2 is 2.26 bits per heavy atom. The number of methoxy groups -OCH3 is 1. The molecule has 3 N–H and O–H groups in total. The zero-order valence-electron chi connectivity index (χ0n) is 10.8. The second-order valence-electron chi connectivity index (χ2n) is 4.77. The van der Waals surface area contributed by atoms with Crippen LogP contribution in [0, 0.1) is 5.92 Å². The molecule has 1 fully saturated rings. The van der Waals surface area contributed by atoms with Crippen molar-refractivity contribution in [3.05, 3.63) is 16.3 Å². The molecular weight excluding hydrogens is 264 g/mol. The molecule has 5 nitrogen and oxygen atoms in total. The number of thiophene rings is 1. The number of nitrogens with one attached hydrogen (secondary N) is 1. The van der Waals surface area contributed by atoms with Crippen molar-refractivity contribution in [3.8, 4) is 0 Å². The Morgan fingerprint density at radius 1 is 1.47 bits per heavy atom. The smallest absolute Gasteiger partial charge is 0.350 e. The third-order valence-electron chi connectivity index (χ3n) is 3.38. The van der Waals surface area contributed by atoms with Crippen LogP contribution in [0.1, 0.15) is 35.4 Å². The maximum atomic E-state index is 12.2. The van der Waals surface area contributed by atoms with Crippen molar-refractivity contribution >= 4 is 28.9 Å². The lowest BCUT2D eigenvalue weighted by Crippen LogP contribution is -2.34. The summed E-state index contributed by atoms with van der Waals surface area (Å²) in [5.74, 6) is -0.543. The third-order valence-corrected chi connectivity index (χ3v) is 4.27. The van der Waals surface area contributed by atoms with E-state index < -0.39 is 5.97 Å². The van der Waals surface area contributed by atoms with Crippen molar-refractivity contribution in [1.82, 2.24) is 0 Å². The van der Waals surface area contributed by atoms with E-state index in [1.54, 1.807) is 11.4 Å². The summed E-state index contributed by atoms with van der Waals surface area (Å²) in [7, 11) is 1.33. The summed E-state index contributed by atoms with van der Waals surface area (Å²) in [5, 5.41) is 4.57.